The van der Waals surface area contributed by atoms with Crippen LogP contribution >= 0.6 is 0 Å². The molecular formula is C15H12N4O4. The minimum absolute atomic E-state index is 0.00508. The number of carboxylic acid groups (broad SMARTS) is 1. The summed E-state index contributed by atoms with van der Waals surface area (Å²) in [6.07, 6.45) is 0.428. The average Bonchev–Trinajstić information content (AvgIpc) is 2.51. The van der Waals surface area contributed by atoms with Crippen LogP contribution in [-0.4, -0.2) is 22.7 Å². The number of hydrogen-bond donors (Lipinski definition) is 3. The molecule has 0 radical (unpaired) electrons. The van der Waals surface area contributed by atoms with Crippen LogP contribution in [-0.2, 0) is 11.2 Å². The molecule has 23 heavy (non-hydrogen) atoms. The first-order valence-corrected chi connectivity index (χ1v) is 6.63. The fraction of sp³-hybridized carbons (Fsp3) is 0.133. The minimum Gasteiger partial charge on any atom is -0.482 e. The summed E-state index contributed by atoms with van der Waals surface area (Å²) in [6.45, 7) is -0.445. The second-order valence-corrected chi connectivity index (χ2v) is 4.91. The summed E-state index contributed by atoms with van der Waals surface area (Å²) in [7, 11) is 0. The van der Waals surface area contributed by atoms with Gasteiger partial charge < -0.3 is 26.0 Å². The number of benzene rings is 1. The highest BCUT2D eigenvalue weighted by molar-refractivity contribution is 5.72. The average molecular weight is 312 g/mol. The predicted octanol–water partition coefficient (Wildman–Crippen LogP) is 1.28. The highest BCUT2D eigenvalue weighted by Crippen LogP contribution is 2.41. The van der Waals surface area contributed by atoms with Crippen LogP contribution in [0.5, 0.6) is 17.4 Å². The Bertz CT molecular complexity index is 858. The first kappa shape index (κ1) is 14.5. The van der Waals surface area contributed by atoms with Crippen molar-refractivity contribution in [2.24, 2.45) is 0 Å². The zero-order chi connectivity index (χ0) is 16.6. The molecule has 0 atom stereocenters. The van der Waals surface area contributed by atoms with E-state index in [4.69, 9.17) is 31.3 Å². The van der Waals surface area contributed by atoms with Gasteiger partial charge in [-0.2, -0.15) is 10.2 Å². The number of aliphatic carboxylic acids is 1. The molecule has 116 valence electrons. The molecule has 0 amide bonds. The predicted molar refractivity (Wildman–Crippen MR) is 80.2 cm³/mol. The van der Waals surface area contributed by atoms with Crippen LogP contribution in [0.2, 0.25) is 0 Å². The Morgan fingerprint density at radius 2 is 2.26 bits per heavy atom. The van der Waals surface area contributed by atoms with Gasteiger partial charge in [0.25, 0.3) is 0 Å². The van der Waals surface area contributed by atoms with Gasteiger partial charge in [0.2, 0.25) is 5.88 Å². The molecule has 3 rings (SSSR count). The van der Waals surface area contributed by atoms with E-state index in [1.807, 2.05) is 6.07 Å². The molecule has 0 saturated heterocycles. The topological polar surface area (TPSA) is 144 Å². The molecule has 0 unspecified atom stereocenters. The third-order valence-corrected chi connectivity index (χ3v) is 3.42. The van der Waals surface area contributed by atoms with E-state index in [0.717, 1.165) is 5.56 Å². The summed E-state index contributed by atoms with van der Waals surface area (Å²) >= 11 is 0. The molecule has 2 aromatic rings. The normalized spacial score (nSPS) is 11.6. The van der Waals surface area contributed by atoms with Crippen LogP contribution < -0.4 is 20.9 Å². The van der Waals surface area contributed by atoms with Crippen molar-refractivity contribution in [1.29, 1.82) is 5.26 Å². The van der Waals surface area contributed by atoms with Gasteiger partial charge in [-0.15, -0.1) is 0 Å². The molecule has 0 bridgehead atoms. The van der Waals surface area contributed by atoms with Gasteiger partial charge in [0.05, 0.1) is 5.69 Å². The molecule has 1 aromatic heterocycles. The number of carbonyl (C=O) groups is 1. The Morgan fingerprint density at radius 1 is 1.48 bits per heavy atom. The van der Waals surface area contributed by atoms with E-state index in [9.17, 15) is 4.79 Å². The van der Waals surface area contributed by atoms with Gasteiger partial charge in [-0.3, -0.25) is 0 Å². The Labute approximate surface area is 130 Å². The monoisotopic (exact) mass is 312 g/mol. The Morgan fingerprint density at radius 3 is 2.96 bits per heavy atom. The first-order chi connectivity index (χ1) is 11.0. The van der Waals surface area contributed by atoms with E-state index < -0.39 is 12.6 Å². The van der Waals surface area contributed by atoms with Crippen molar-refractivity contribution in [3.63, 3.8) is 0 Å². The van der Waals surface area contributed by atoms with Gasteiger partial charge in [-0.25, -0.2) is 4.79 Å². The summed E-state index contributed by atoms with van der Waals surface area (Å²) in [6, 6.07) is 6.90. The van der Waals surface area contributed by atoms with Crippen molar-refractivity contribution >= 4 is 17.5 Å². The highest BCUT2D eigenvalue weighted by Gasteiger charge is 2.24. The highest BCUT2D eigenvalue weighted by atomic mass is 16.5. The fourth-order valence-electron chi connectivity index (χ4n) is 2.31. The zero-order valence-corrected chi connectivity index (χ0v) is 11.9. The Balaban J connectivity index is 1.96. The number of rotatable bonds is 3. The third-order valence-electron chi connectivity index (χ3n) is 3.42. The van der Waals surface area contributed by atoms with Crippen LogP contribution in [0.25, 0.3) is 0 Å². The summed E-state index contributed by atoms with van der Waals surface area (Å²) in [5.74, 6) is 0.0215. The van der Waals surface area contributed by atoms with Crippen molar-refractivity contribution in [1.82, 2.24) is 4.98 Å². The fourth-order valence-corrected chi connectivity index (χ4v) is 2.31. The molecule has 1 aliphatic heterocycles. The standard InChI is InChI=1S/C15H12N4O4/c16-5-10-13(17)9-3-7-1-2-8(22-6-12(20)21)4-11(7)23-15(9)19-14(10)18/h1-2,4H,3,6H2,(H,20,21)(H4,17,18,19). The Hall–Kier alpha value is -3.47. The number of nitriles is 1. The van der Waals surface area contributed by atoms with E-state index in [2.05, 4.69) is 4.98 Å². The molecule has 5 N–H and O–H groups in total. The van der Waals surface area contributed by atoms with Gasteiger partial charge in [0, 0.05) is 18.1 Å². The number of anilines is 2. The lowest BCUT2D eigenvalue weighted by Gasteiger charge is -2.22. The zero-order valence-electron chi connectivity index (χ0n) is 11.9. The number of nitrogens with zero attached hydrogens (tertiary/aromatic N) is 2. The van der Waals surface area contributed by atoms with Gasteiger partial charge >= 0.3 is 5.97 Å². The van der Waals surface area contributed by atoms with Gasteiger partial charge in [-0.05, 0) is 11.6 Å². The molecule has 0 saturated carbocycles. The van der Waals surface area contributed by atoms with Crippen LogP contribution in [0.15, 0.2) is 18.2 Å². The SMILES string of the molecule is N#Cc1c(N)nc2c(c1N)Cc1ccc(OCC(=O)O)cc1O2. The molecule has 1 aliphatic rings. The number of aromatic nitrogens is 1. The van der Waals surface area contributed by atoms with E-state index in [0.29, 0.717) is 23.5 Å². The number of carboxylic acids is 1. The maximum atomic E-state index is 10.5. The minimum atomic E-state index is -1.07. The van der Waals surface area contributed by atoms with Gasteiger partial charge in [0.1, 0.15) is 28.9 Å². The van der Waals surface area contributed by atoms with Crippen molar-refractivity contribution in [2.45, 2.75) is 6.42 Å². The summed E-state index contributed by atoms with van der Waals surface area (Å²) in [5.41, 5.74) is 13.5. The maximum absolute atomic E-state index is 10.5. The lowest BCUT2D eigenvalue weighted by Crippen LogP contribution is -2.12. The first-order valence-electron chi connectivity index (χ1n) is 6.63. The smallest absolute Gasteiger partial charge is 0.341 e. The quantitative estimate of drug-likeness (QED) is 0.655. The number of nitrogens with two attached hydrogens (primary N) is 2. The molecule has 0 aliphatic carbocycles. The molecule has 0 spiro atoms. The van der Waals surface area contributed by atoms with Crippen molar-refractivity contribution in [3.05, 3.63) is 34.9 Å². The van der Waals surface area contributed by atoms with Crippen molar-refractivity contribution < 1.29 is 19.4 Å². The largest absolute Gasteiger partial charge is 0.482 e. The number of nitrogen functional groups attached to an aromatic ring is 2. The lowest BCUT2D eigenvalue weighted by atomic mass is 9.99. The second kappa shape index (κ2) is 5.38. The third kappa shape index (κ3) is 2.55. The lowest BCUT2D eigenvalue weighted by molar-refractivity contribution is -0.139. The maximum Gasteiger partial charge on any atom is 0.341 e. The number of ether oxygens (including phenoxy) is 2. The van der Waals surface area contributed by atoms with Crippen LogP contribution in [0.3, 0.4) is 0 Å². The number of fused-ring (bicyclic) bond motifs is 2. The van der Waals surface area contributed by atoms with E-state index >= 15 is 0 Å². The van der Waals surface area contributed by atoms with Crippen LogP contribution in [0.4, 0.5) is 11.5 Å². The molecule has 8 heteroatoms. The van der Waals surface area contributed by atoms with E-state index in [1.165, 1.54) is 0 Å². The summed E-state index contributed by atoms with van der Waals surface area (Å²) < 4.78 is 10.8. The van der Waals surface area contributed by atoms with Crippen molar-refractivity contribution in [2.75, 3.05) is 18.1 Å². The summed E-state index contributed by atoms with van der Waals surface area (Å²) in [5, 5.41) is 17.7. The second-order valence-electron chi connectivity index (χ2n) is 4.91. The number of pyridine rings is 1. The van der Waals surface area contributed by atoms with E-state index in [-0.39, 0.29) is 22.9 Å². The van der Waals surface area contributed by atoms with E-state index in [1.54, 1.807) is 18.2 Å². The van der Waals surface area contributed by atoms with Crippen LogP contribution in [0, 0.1) is 11.3 Å². The molecule has 2 heterocycles. The molecular weight excluding hydrogens is 300 g/mol. The Kier molecular flexibility index (Phi) is 3.38. The van der Waals surface area contributed by atoms with Gasteiger partial charge in [-0.1, -0.05) is 6.07 Å². The van der Waals surface area contributed by atoms with Crippen LogP contribution in [0.1, 0.15) is 16.7 Å². The molecule has 1 aromatic carbocycles. The van der Waals surface area contributed by atoms with Gasteiger partial charge in [0.15, 0.2) is 6.61 Å². The summed E-state index contributed by atoms with van der Waals surface area (Å²) in [4.78, 5) is 14.6. The van der Waals surface area contributed by atoms with Crippen molar-refractivity contribution in [3.8, 4) is 23.4 Å². The molecule has 8 nitrogen and oxygen atoms in total. The molecule has 0 fully saturated rings. The number of hydrogen-bond acceptors (Lipinski definition) is 7.